The van der Waals surface area contributed by atoms with Gasteiger partial charge in [-0.2, -0.15) is 0 Å². The van der Waals surface area contributed by atoms with E-state index < -0.39 is 9.84 Å². The van der Waals surface area contributed by atoms with Gasteiger partial charge in [-0.1, -0.05) is 48.0 Å². The second-order valence-corrected chi connectivity index (χ2v) is 9.96. The molecule has 0 N–H and O–H groups in total. The largest absolute Gasteiger partial charge is 0.256 e. The summed E-state index contributed by atoms with van der Waals surface area (Å²) in [5.41, 5.74) is 5.83. The zero-order valence-electron chi connectivity index (χ0n) is 18.6. The van der Waals surface area contributed by atoms with Gasteiger partial charge >= 0.3 is 0 Å². The molecule has 0 amide bonds. The molecule has 0 fully saturated rings. The van der Waals surface area contributed by atoms with Crippen molar-refractivity contribution in [3.63, 3.8) is 0 Å². The summed E-state index contributed by atoms with van der Waals surface area (Å²) in [7, 11) is -3.72. The summed E-state index contributed by atoms with van der Waals surface area (Å²) in [5, 5.41) is 0. The van der Waals surface area contributed by atoms with E-state index in [0.29, 0.717) is 5.56 Å². The number of aromatic nitrogens is 2. The molecule has 166 valence electrons. The number of rotatable bonds is 5. The van der Waals surface area contributed by atoms with Gasteiger partial charge in [-0.3, -0.25) is 9.97 Å². The first-order valence-electron chi connectivity index (χ1n) is 10.9. The Kier molecular flexibility index (Phi) is 5.78. The fourth-order valence-electron chi connectivity index (χ4n) is 3.93. The quantitative estimate of drug-likeness (QED) is 0.295. The number of sulfone groups is 1. The van der Waals surface area contributed by atoms with Crippen molar-refractivity contribution in [2.24, 2.45) is 0 Å². The highest BCUT2D eigenvalue weighted by Gasteiger charge is 2.22. The lowest BCUT2D eigenvalue weighted by molar-refractivity contribution is 0.596. The Morgan fingerprint density at radius 1 is 0.588 bits per heavy atom. The Balaban J connectivity index is 1.73. The summed E-state index contributed by atoms with van der Waals surface area (Å²) >= 11 is 0. The van der Waals surface area contributed by atoms with E-state index in [4.69, 9.17) is 0 Å². The van der Waals surface area contributed by atoms with Crippen molar-refractivity contribution in [1.29, 1.82) is 0 Å². The number of pyridine rings is 2. The standard InChI is InChI=1S/C29H22N2O2S/c1-21-12-14-25(15-13-21)34(32,33)29-11-3-2-8-26(29)22-18-23(27-9-4-6-16-30-27)20-24(19-22)28-10-5-7-17-31-28/h2-20H,1H3. The Labute approximate surface area is 199 Å². The normalized spacial score (nSPS) is 11.3. The summed E-state index contributed by atoms with van der Waals surface area (Å²) in [6, 6.07) is 31.6. The van der Waals surface area contributed by atoms with Gasteiger partial charge in [0.15, 0.2) is 0 Å². The van der Waals surface area contributed by atoms with Gasteiger partial charge in [0.1, 0.15) is 0 Å². The van der Waals surface area contributed by atoms with Crippen molar-refractivity contribution in [1.82, 2.24) is 9.97 Å². The lowest BCUT2D eigenvalue weighted by Crippen LogP contribution is -2.04. The molecule has 0 radical (unpaired) electrons. The van der Waals surface area contributed by atoms with Gasteiger partial charge in [0.25, 0.3) is 0 Å². The molecule has 34 heavy (non-hydrogen) atoms. The summed E-state index contributed by atoms with van der Waals surface area (Å²) in [4.78, 5) is 9.56. The number of aryl methyl sites for hydroxylation is 1. The van der Waals surface area contributed by atoms with E-state index in [1.807, 2.05) is 85.8 Å². The van der Waals surface area contributed by atoms with Crippen molar-refractivity contribution in [2.75, 3.05) is 0 Å². The highest BCUT2D eigenvalue weighted by molar-refractivity contribution is 7.91. The van der Waals surface area contributed by atoms with E-state index in [0.717, 1.165) is 33.6 Å². The summed E-state index contributed by atoms with van der Waals surface area (Å²) in [6.45, 7) is 1.94. The molecule has 0 aliphatic heterocycles. The molecule has 0 spiro atoms. The first-order chi connectivity index (χ1) is 16.5. The Morgan fingerprint density at radius 3 is 1.68 bits per heavy atom. The summed E-state index contributed by atoms with van der Waals surface area (Å²) in [6.07, 6.45) is 3.50. The molecule has 5 aromatic rings. The van der Waals surface area contributed by atoms with Gasteiger partial charge < -0.3 is 0 Å². The van der Waals surface area contributed by atoms with Crippen LogP contribution in [0.5, 0.6) is 0 Å². The third-order valence-corrected chi connectivity index (χ3v) is 7.50. The summed E-state index contributed by atoms with van der Waals surface area (Å²) < 4.78 is 27.2. The highest BCUT2D eigenvalue weighted by atomic mass is 32.2. The van der Waals surface area contributed by atoms with Crippen molar-refractivity contribution in [3.05, 3.63) is 121 Å². The molecule has 4 nitrogen and oxygen atoms in total. The maximum absolute atomic E-state index is 13.6. The molecule has 5 rings (SSSR count). The molecule has 2 aromatic heterocycles. The Bertz CT molecular complexity index is 1490. The Morgan fingerprint density at radius 2 is 1.12 bits per heavy atom. The van der Waals surface area contributed by atoms with Gasteiger partial charge in [0.2, 0.25) is 9.84 Å². The Hall–Kier alpha value is -4.09. The van der Waals surface area contributed by atoms with Gasteiger partial charge in [-0.05, 0) is 73.2 Å². The van der Waals surface area contributed by atoms with Crippen LogP contribution < -0.4 is 0 Å². The fourth-order valence-corrected chi connectivity index (χ4v) is 5.41. The van der Waals surface area contributed by atoms with Crippen molar-refractivity contribution in [2.45, 2.75) is 16.7 Å². The molecule has 0 aliphatic carbocycles. The van der Waals surface area contributed by atoms with Crippen molar-refractivity contribution < 1.29 is 8.42 Å². The van der Waals surface area contributed by atoms with E-state index in [-0.39, 0.29) is 9.79 Å². The molecular formula is C29H22N2O2S. The highest BCUT2D eigenvalue weighted by Crippen LogP contribution is 2.36. The van der Waals surface area contributed by atoms with Crippen LogP contribution in [-0.2, 0) is 9.84 Å². The van der Waals surface area contributed by atoms with Crippen LogP contribution in [0.25, 0.3) is 33.6 Å². The minimum Gasteiger partial charge on any atom is -0.256 e. The van der Waals surface area contributed by atoms with Crippen LogP contribution >= 0.6 is 0 Å². The SMILES string of the molecule is Cc1ccc(S(=O)(=O)c2ccccc2-c2cc(-c3ccccn3)cc(-c3ccccn3)c2)cc1. The van der Waals surface area contributed by atoms with Crippen LogP contribution in [0.2, 0.25) is 0 Å². The van der Waals surface area contributed by atoms with E-state index in [2.05, 4.69) is 9.97 Å². The lowest BCUT2D eigenvalue weighted by Gasteiger charge is -2.14. The molecule has 0 unspecified atom stereocenters. The van der Waals surface area contributed by atoms with Crippen molar-refractivity contribution in [3.8, 4) is 33.6 Å². The average Bonchev–Trinajstić information content (AvgIpc) is 2.90. The van der Waals surface area contributed by atoms with E-state index in [9.17, 15) is 8.42 Å². The predicted octanol–water partition coefficient (Wildman–Crippen LogP) is 6.62. The van der Waals surface area contributed by atoms with Crippen LogP contribution in [0, 0.1) is 6.92 Å². The van der Waals surface area contributed by atoms with Gasteiger partial charge in [0.05, 0.1) is 21.2 Å². The molecule has 2 heterocycles. The topological polar surface area (TPSA) is 59.9 Å². The molecule has 0 saturated heterocycles. The first-order valence-corrected chi connectivity index (χ1v) is 12.4. The van der Waals surface area contributed by atoms with Crippen molar-refractivity contribution >= 4 is 9.84 Å². The second-order valence-electron chi connectivity index (χ2n) is 8.04. The monoisotopic (exact) mass is 462 g/mol. The van der Waals surface area contributed by atoms with Crippen LogP contribution in [0.1, 0.15) is 5.56 Å². The molecule has 3 aromatic carbocycles. The molecule has 0 aliphatic rings. The van der Waals surface area contributed by atoms with Crippen LogP contribution in [0.15, 0.2) is 125 Å². The number of benzene rings is 3. The number of nitrogens with zero attached hydrogens (tertiary/aromatic N) is 2. The molecular weight excluding hydrogens is 440 g/mol. The zero-order valence-corrected chi connectivity index (χ0v) is 19.4. The average molecular weight is 463 g/mol. The second kappa shape index (κ2) is 9.04. The number of hydrogen-bond acceptors (Lipinski definition) is 4. The summed E-state index contributed by atoms with van der Waals surface area (Å²) in [5.74, 6) is 0. The first kappa shape index (κ1) is 21.7. The van der Waals surface area contributed by atoms with Crippen LogP contribution in [0.3, 0.4) is 0 Å². The van der Waals surface area contributed by atoms with Crippen LogP contribution in [-0.4, -0.2) is 18.4 Å². The predicted molar refractivity (Wildman–Crippen MR) is 135 cm³/mol. The van der Waals surface area contributed by atoms with E-state index in [1.165, 1.54) is 0 Å². The van der Waals surface area contributed by atoms with Gasteiger partial charge in [-0.15, -0.1) is 0 Å². The van der Waals surface area contributed by atoms with E-state index in [1.54, 1.807) is 36.7 Å². The van der Waals surface area contributed by atoms with E-state index >= 15 is 0 Å². The maximum atomic E-state index is 13.6. The third-order valence-electron chi connectivity index (χ3n) is 5.67. The minimum atomic E-state index is -3.72. The lowest BCUT2D eigenvalue weighted by atomic mass is 9.96. The van der Waals surface area contributed by atoms with Gasteiger partial charge in [0, 0.05) is 29.1 Å². The zero-order chi connectivity index (χ0) is 23.5. The molecule has 5 heteroatoms. The van der Waals surface area contributed by atoms with Gasteiger partial charge in [-0.25, -0.2) is 8.42 Å². The number of hydrogen-bond donors (Lipinski definition) is 0. The fraction of sp³-hybridized carbons (Fsp3) is 0.0345. The molecule has 0 atom stereocenters. The molecule has 0 saturated carbocycles. The van der Waals surface area contributed by atoms with Crippen LogP contribution in [0.4, 0.5) is 0 Å². The maximum Gasteiger partial charge on any atom is 0.207 e. The minimum absolute atomic E-state index is 0.268. The third kappa shape index (κ3) is 4.26. The molecule has 0 bridgehead atoms. The smallest absolute Gasteiger partial charge is 0.207 e.